The Balaban J connectivity index is 2.23. The van der Waals surface area contributed by atoms with Crippen molar-refractivity contribution in [3.05, 3.63) is 7.05 Å². The van der Waals surface area contributed by atoms with E-state index in [1.54, 1.807) is 0 Å². The van der Waals surface area contributed by atoms with Crippen LogP contribution in [0.5, 0.6) is 0 Å². The Kier molecular flexibility index (Phi) is 2.49. The van der Waals surface area contributed by atoms with Crippen LogP contribution in [0.25, 0.3) is 0 Å². The van der Waals surface area contributed by atoms with Crippen LogP contribution in [0.2, 0.25) is 0 Å². The van der Waals surface area contributed by atoms with Crippen molar-refractivity contribution in [2.75, 3.05) is 19.6 Å². The number of piperazine rings is 1. The molecule has 1 fully saturated rings. The molecule has 1 radical (unpaired) electrons. The molecule has 0 aromatic rings. The minimum absolute atomic E-state index is 0.677. The lowest BCUT2D eigenvalue weighted by atomic mass is 10.2. The van der Waals surface area contributed by atoms with Crippen molar-refractivity contribution < 1.29 is 0 Å². The van der Waals surface area contributed by atoms with Gasteiger partial charge in [0.15, 0.2) is 0 Å². The monoisotopic (exact) mass is 127 g/mol. The molecule has 0 bridgehead atoms. The zero-order valence-electron chi connectivity index (χ0n) is 6.06. The van der Waals surface area contributed by atoms with E-state index in [1.807, 2.05) is 0 Å². The molecular weight excluding hydrogens is 112 g/mol. The van der Waals surface area contributed by atoms with Gasteiger partial charge < -0.3 is 5.32 Å². The molecule has 1 N–H and O–H groups in total. The predicted molar refractivity (Wildman–Crippen MR) is 39.0 cm³/mol. The van der Waals surface area contributed by atoms with E-state index < -0.39 is 0 Å². The first-order valence-electron chi connectivity index (χ1n) is 3.61. The van der Waals surface area contributed by atoms with Gasteiger partial charge in [-0.25, -0.2) is 0 Å². The minimum atomic E-state index is 0.677. The Labute approximate surface area is 57.2 Å². The Morgan fingerprint density at radius 2 is 2.56 bits per heavy atom. The van der Waals surface area contributed by atoms with Gasteiger partial charge >= 0.3 is 0 Å². The van der Waals surface area contributed by atoms with Gasteiger partial charge in [-0.15, -0.1) is 0 Å². The summed E-state index contributed by atoms with van der Waals surface area (Å²) >= 11 is 0. The molecule has 9 heavy (non-hydrogen) atoms. The SMILES string of the molecule is [CH2]N1CCNC(CC)C1. The van der Waals surface area contributed by atoms with Gasteiger partial charge in [0, 0.05) is 32.7 Å². The van der Waals surface area contributed by atoms with E-state index in [9.17, 15) is 0 Å². The molecule has 0 saturated carbocycles. The molecule has 0 spiro atoms. The average molecular weight is 127 g/mol. The summed E-state index contributed by atoms with van der Waals surface area (Å²) in [4.78, 5) is 2.13. The van der Waals surface area contributed by atoms with Gasteiger partial charge in [0.2, 0.25) is 0 Å². The molecule has 1 heterocycles. The Hall–Kier alpha value is -0.0800. The summed E-state index contributed by atoms with van der Waals surface area (Å²) in [6, 6.07) is 0.677. The largest absolute Gasteiger partial charge is 0.311 e. The number of nitrogens with zero attached hydrogens (tertiary/aromatic N) is 1. The molecule has 1 rings (SSSR count). The van der Waals surface area contributed by atoms with E-state index >= 15 is 0 Å². The number of hydrogen-bond acceptors (Lipinski definition) is 2. The normalized spacial score (nSPS) is 30.7. The maximum Gasteiger partial charge on any atom is 0.0192 e. The molecule has 1 atom stereocenters. The molecule has 2 nitrogen and oxygen atoms in total. The number of hydrogen-bond donors (Lipinski definition) is 1. The summed E-state index contributed by atoms with van der Waals surface area (Å²) in [5.41, 5.74) is 0. The standard InChI is InChI=1S/C7H15N2/c1-3-7-6-9(2)5-4-8-7/h7-8H,2-6H2,1H3. The van der Waals surface area contributed by atoms with E-state index in [1.165, 1.54) is 6.42 Å². The van der Waals surface area contributed by atoms with E-state index in [4.69, 9.17) is 0 Å². The molecule has 0 aromatic heterocycles. The van der Waals surface area contributed by atoms with Crippen molar-refractivity contribution in [3.8, 4) is 0 Å². The average Bonchev–Trinajstić information content (AvgIpc) is 1.88. The first kappa shape index (κ1) is 7.03. The van der Waals surface area contributed by atoms with Crippen LogP contribution in [0, 0.1) is 7.05 Å². The van der Waals surface area contributed by atoms with Crippen molar-refractivity contribution in [1.29, 1.82) is 0 Å². The van der Waals surface area contributed by atoms with Gasteiger partial charge in [0.1, 0.15) is 0 Å². The van der Waals surface area contributed by atoms with E-state index in [0.717, 1.165) is 19.6 Å². The molecule has 1 unspecified atom stereocenters. The summed E-state index contributed by atoms with van der Waals surface area (Å²) < 4.78 is 0. The summed E-state index contributed by atoms with van der Waals surface area (Å²) in [7, 11) is 3.89. The van der Waals surface area contributed by atoms with Crippen LogP contribution in [0.4, 0.5) is 0 Å². The fourth-order valence-electron chi connectivity index (χ4n) is 1.17. The van der Waals surface area contributed by atoms with Crippen molar-refractivity contribution >= 4 is 0 Å². The Morgan fingerprint density at radius 3 is 3.00 bits per heavy atom. The molecular formula is C7H15N2. The molecule has 0 aromatic carbocycles. The summed E-state index contributed by atoms with van der Waals surface area (Å²) in [5.74, 6) is 0. The highest BCUT2D eigenvalue weighted by Gasteiger charge is 2.13. The van der Waals surface area contributed by atoms with Gasteiger partial charge in [-0.05, 0) is 6.42 Å². The van der Waals surface area contributed by atoms with Crippen LogP contribution < -0.4 is 5.32 Å². The number of rotatable bonds is 1. The van der Waals surface area contributed by atoms with Crippen molar-refractivity contribution in [2.45, 2.75) is 19.4 Å². The Bertz CT molecular complexity index is 83.0. The maximum absolute atomic E-state index is 3.89. The lowest BCUT2D eigenvalue weighted by Gasteiger charge is -2.29. The van der Waals surface area contributed by atoms with Gasteiger partial charge in [0.05, 0.1) is 0 Å². The van der Waals surface area contributed by atoms with Crippen molar-refractivity contribution in [2.24, 2.45) is 0 Å². The quantitative estimate of drug-likeness (QED) is 0.550. The molecule has 1 aliphatic rings. The lowest BCUT2D eigenvalue weighted by molar-refractivity contribution is 0.257. The highest BCUT2D eigenvalue weighted by Crippen LogP contribution is 1.99. The first-order chi connectivity index (χ1) is 4.33. The molecule has 0 aliphatic carbocycles. The van der Waals surface area contributed by atoms with Gasteiger partial charge in [0.25, 0.3) is 0 Å². The second-order valence-corrected chi connectivity index (χ2v) is 2.64. The van der Waals surface area contributed by atoms with Crippen LogP contribution in [0.15, 0.2) is 0 Å². The second-order valence-electron chi connectivity index (χ2n) is 2.64. The molecule has 1 aliphatic heterocycles. The van der Waals surface area contributed by atoms with Crippen molar-refractivity contribution in [1.82, 2.24) is 10.2 Å². The van der Waals surface area contributed by atoms with Crippen LogP contribution >= 0.6 is 0 Å². The highest BCUT2D eigenvalue weighted by atomic mass is 15.2. The summed E-state index contributed by atoms with van der Waals surface area (Å²) in [6.07, 6.45) is 1.21. The predicted octanol–water partition coefficient (Wildman–Crippen LogP) is 0.462. The molecule has 1 saturated heterocycles. The van der Waals surface area contributed by atoms with Gasteiger partial charge in [-0.1, -0.05) is 6.92 Å². The fourth-order valence-corrected chi connectivity index (χ4v) is 1.17. The van der Waals surface area contributed by atoms with Crippen LogP contribution in [-0.2, 0) is 0 Å². The molecule has 53 valence electrons. The maximum atomic E-state index is 3.89. The minimum Gasteiger partial charge on any atom is -0.311 e. The van der Waals surface area contributed by atoms with Gasteiger partial charge in [-0.3, -0.25) is 4.90 Å². The smallest absolute Gasteiger partial charge is 0.0192 e. The molecule has 0 amide bonds. The summed E-state index contributed by atoms with van der Waals surface area (Å²) in [6.45, 7) is 5.51. The third-order valence-corrected chi connectivity index (χ3v) is 1.83. The van der Waals surface area contributed by atoms with Crippen molar-refractivity contribution in [3.63, 3.8) is 0 Å². The zero-order chi connectivity index (χ0) is 6.69. The van der Waals surface area contributed by atoms with E-state index in [2.05, 4.69) is 24.2 Å². The van der Waals surface area contributed by atoms with Crippen LogP contribution in [0.3, 0.4) is 0 Å². The van der Waals surface area contributed by atoms with Gasteiger partial charge in [-0.2, -0.15) is 0 Å². The highest BCUT2D eigenvalue weighted by molar-refractivity contribution is 4.76. The third kappa shape index (κ3) is 1.95. The fraction of sp³-hybridized carbons (Fsp3) is 0.857. The second kappa shape index (κ2) is 3.18. The van der Waals surface area contributed by atoms with Crippen LogP contribution in [-0.4, -0.2) is 30.6 Å². The van der Waals surface area contributed by atoms with Crippen LogP contribution in [0.1, 0.15) is 13.3 Å². The zero-order valence-corrected chi connectivity index (χ0v) is 6.06. The van der Waals surface area contributed by atoms with E-state index in [-0.39, 0.29) is 0 Å². The number of nitrogens with one attached hydrogen (secondary N) is 1. The first-order valence-corrected chi connectivity index (χ1v) is 3.61. The molecule has 2 heteroatoms. The third-order valence-electron chi connectivity index (χ3n) is 1.83. The Morgan fingerprint density at radius 1 is 1.78 bits per heavy atom. The summed E-state index contributed by atoms with van der Waals surface area (Å²) in [5, 5.41) is 3.42. The topological polar surface area (TPSA) is 15.3 Å². The lowest BCUT2D eigenvalue weighted by Crippen LogP contribution is -2.47. The van der Waals surface area contributed by atoms with E-state index in [0.29, 0.717) is 6.04 Å².